The molecule has 0 fully saturated rings. The molecule has 1 aromatic heterocycles. The van der Waals surface area contributed by atoms with Crippen LogP contribution in [-0.2, 0) is 24.0 Å². The molecule has 30 heavy (non-hydrogen) atoms. The highest BCUT2D eigenvalue weighted by Gasteiger charge is 2.23. The highest BCUT2D eigenvalue weighted by atomic mass is 127. The largest absolute Gasteiger partial charge is 0.497 e. The van der Waals surface area contributed by atoms with Gasteiger partial charge in [-0.05, 0) is 67.0 Å². The molecule has 4 nitrogen and oxygen atoms in total. The van der Waals surface area contributed by atoms with Gasteiger partial charge in [0, 0.05) is 17.3 Å². The van der Waals surface area contributed by atoms with Crippen molar-refractivity contribution >= 4 is 22.6 Å². The normalized spacial score (nSPS) is 20.2. The second-order valence-electron chi connectivity index (χ2n) is 7.96. The number of alkyl halides is 1. The van der Waals surface area contributed by atoms with Crippen molar-refractivity contribution in [3.8, 4) is 5.75 Å². The van der Waals surface area contributed by atoms with E-state index >= 15 is 0 Å². The molecule has 1 heterocycles. The number of aromatic nitrogens is 1. The van der Waals surface area contributed by atoms with Gasteiger partial charge in [0.15, 0.2) is 0 Å². The Morgan fingerprint density at radius 2 is 2.20 bits per heavy atom. The fourth-order valence-electron chi connectivity index (χ4n) is 4.44. The van der Waals surface area contributed by atoms with E-state index in [2.05, 4.69) is 59.9 Å². The highest BCUT2D eigenvalue weighted by molar-refractivity contribution is 14.1. The van der Waals surface area contributed by atoms with Crippen LogP contribution in [0.3, 0.4) is 0 Å². The number of aryl methyl sites for hydroxylation is 2. The second kappa shape index (κ2) is 10.0. The number of hydrogen-bond acceptors (Lipinski definition) is 4. The third-order valence-electron chi connectivity index (χ3n) is 6.12. The molecule has 0 amide bonds. The lowest BCUT2D eigenvalue weighted by Gasteiger charge is -2.12. The number of methoxy groups -OCH3 is 1. The van der Waals surface area contributed by atoms with Crippen LogP contribution in [0.25, 0.3) is 0 Å². The summed E-state index contributed by atoms with van der Waals surface area (Å²) in [7, 11) is 1.69. The van der Waals surface area contributed by atoms with E-state index in [1.807, 2.05) is 6.08 Å². The summed E-state index contributed by atoms with van der Waals surface area (Å²) in [6, 6.07) is 6.65. The molecule has 0 saturated heterocycles. The van der Waals surface area contributed by atoms with Crippen molar-refractivity contribution in [2.45, 2.75) is 57.3 Å². The first kappa shape index (κ1) is 21.5. The molecule has 0 saturated carbocycles. The quantitative estimate of drug-likeness (QED) is 0.289. The van der Waals surface area contributed by atoms with Crippen molar-refractivity contribution in [1.29, 1.82) is 0 Å². The summed E-state index contributed by atoms with van der Waals surface area (Å²) >= 11 is 2.48. The van der Waals surface area contributed by atoms with Crippen LogP contribution in [0, 0.1) is 0 Å². The third-order valence-corrected chi connectivity index (χ3v) is 6.74. The second-order valence-corrected chi connectivity index (χ2v) is 9.04. The number of ether oxygens (including phenoxy) is 2. The molecular formula is C25H30INO3. The van der Waals surface area contributed by atoms with Crippen LogP contribution in [0.4, 0.5) is 0 Å². The third kappa shape index (κ3) is 4.76. The van der Waals surface area contributed by atoms with Gasteiger partial charge in [-0.1, -0.05) is 41.7 Å². The molecule has 0 bridgehead atoms. The topological polar surface area (TPSA) is 44.5 Å². The van der Waals surface area contributed by atoms with Crippen molar-refractivity contribution < 1.29 is 13.9 Å². The summed E-state index contributed by atoms with van der Waals surface area (Å²) in [6.07, 6.45) is 12.4. The van der Waals surface area contributed by atoms with E-state index in [-0.39, 0.29) is 5.92 Å². The van der Waals surface area contributed by atoms with Crippen LogP contribution >= 0.6 is 22.6 Å². The van der Waals surface area contributed by atoms with Gasteiger partial charge in [0.1, 0.15) is 17.3 Å². The van der Waals surface area contributed by atoms with Crippen molar-refractivity contribution in [2.75, 3.05) is 18.1 Å². The number of allylic oxidation sites excluding steroid dienone is 3. The van der Waals surface area contributed by atoms with Crippen LogP contribution in [0.2, 0.25) is 0 Å². The zero-order valence-corrected chi connectivity index (χ0v) is 20.0. The first-order valence-corrected chi connectivity index (χ1v) is 12.5. The van der Waals surface area contributed by atoms with Gasteiger partial charge >= 0.3 is 0 Å². The van der Waals surface area contributed by atoms with E-state index in [0.717, 1.165) is 54.0 Å². The standard InChI is InChI=1S/C25H30INO3/c1-3-24-23(27-25(30-24)18-6-8-20(28-2)9-7-18)13-15-29-21-10-11-22-17(12-14-26)4-5-19(22)16-21/h6,8-11,16-18H,3-5,7,12-15H2,1-2H3/t17-,18?/m0/s1. The summed E-state index contributed by atoms with van der Waals surface area (Å²) in [5.41, 5.74) is 4.01. The minimum Gasteiger partial charge on any atom is -0.497 e. The van der Waals surface area contributed by atoms with Crippen LogP contribution in [0.1, 0.15) is 66.5 Å². The first-order chi connectivity index (χ1) is 14.7. The SMILES string of the molecule is CCc1oc(C2C=CC(OC)=CC2)nc1CCOc1ccc2c(c1)CC[C@H]2CCI. The van der Waals surface area contributed by atoms with E-state index in [0.29, 0.717) is 6.61 Å². The number of benzene rings is 1. The van der Waals surface area contributed by atoms with Crippen LogP contribution in [0.5, 0.6) is 5.75 Å². The van der Waals surface area contributed by atoms with Crippen LogP contribution < -0.4 is 4.74 Å². The van der Waals surface area contributed by atoms with Crippen LogP contribution in [0.15, 0.2) is 46.6 Å². The smallest absolute Gasteiger partial charge is 0.201 e. The van der Waals surface area contributed by atoms with E-state index in [1.54, 1.807) is 7.11 Å². The van der Waals surface area contributed by atoms with E-state index < -0.39 is 0 Å². The predicted molar refractivity (Wildman–Crippen MR) is 128 cm³/mol. The molecule has 5 heteroatoms. The average molecular weight is 519 g/mol. The Hall–Kier alpha value is -1.76. The maximum Gasteiger partial charge on any atom is 0.201 e. The Balaban J connectivity index is 1.36. The Labute approximate surface area is 192 Å². The van der Waals surface area contributed by atoms with E-state index in [9.17, 15) is 0 Å². The molecule has 0 radical (unpaired) electrons. The average Bonchev–Trinajstić information content (AvgIpc) is 3.38. The molecule has 2 aromatic rings. The molecule has 0 N–H and O–H groups in total. The number of nitrogens with zero attached hydrogens (tertiary/aromatic N) is 1. The molecule has 160 valence electrons. The van der Waals surface area contributed by atoms with Crippen molar-refractivity contribution in [3.05, 3.63) is 70.7 Å². The molecule has 2 atom stereocenters. The summed E-state index contributed by atoms with van der Waals surface area (Å²) in [6.45, 7) is 2.73. The lowest BCUT2D eigenvalue weighted by atomic mass is 9.99. The van der Waals surface area contributed by atoms with Gasteiger partial charge < -0.3 is 13.9 Å². The summed E-state index contributed by atoms with van der Waals surface area (Å²) in [5.74, 6) is 4.55. The van der Waals surface area contributed by atoms with Crippen LogP contribution in [-0.4, -0.2) is 23.1 Å². The molecule has 1 aromatic carbocycles. The molecule has 0 aliphatic heterocycles. The number of fused-ring (bicyclic) bond motifs is 1. The van der Waals surface area contributed by atoms with Gasteiger partial charge in [-0.15, -0.1) is 0 Å². The highest BCUT2D eigenvalue weighted by Crippen LogP contribution is 2.37. The molecule has 2 aliphatic carbocycles. The maximum atomic E-state index is 6.09. The molecule has 0 spiro atoms. The fraction of sp³-hybridized carbons (Fsp3) is 0.480. The van der Waals surface area contributed by atoms with Crippen molar-refractivity contribution in [1.82, 2.24) is 4.98 Å². The number of rotatable bonds is 9. The lowest BCUT2D eigenvalue weighted by Crippen LogP contribution is -2.05. The van der Waals surface area contributed by atoms with Gasteiger partial charge in [0.2, 0.25) is 5.89 Å². The van der Waals surface area contributed by atoms with Crippen molar-refractivity contribution in [3.63, 3.8) is 0 Å². The van der Waals surface area contributed by atoms with E-state index in [4.69, 9.17) is 18.9 Å². The minimum absolute atomic E-state index is 0.177. The summed E-state index contributed by atoms with van der Waals surface area (Å²) in [4.78, 5) is 4.81. The number of hydrogen-bond donors (Lipinski definition) is 0. The summed E-state index contributed by atoms with van der Waals surface area (Å²) < 4.78 is 18.7. The molecular weight excluding hydrogens is 489 g/mol. The molecule has 4 rings (SSSR count). The van der Waals surface area contributed by atoms with Gasteiger partial charge in [-0.25, -0.2) is 4.98 Å². The zero-order valence-electron chi connectivity index (χ0n) is 17.8. The van der Waals surface area contributed by atoms with Gasteiger partial charge in [-0.2, -0.15) is 0 Å². The monoisotopic (exact) mass is 519 g/mol. The zero-order chi connectivity index (χ0) is 20.9. The fourth-order valence-corrected chi connectivity index (χ4v) is 5.19. The lowest BCUT2D eigenvalue weighted by molar-refractivity contribution is 0.302. The predicted octanol–water partition coefficient (Wildman–Crippen LogP) is 6.29. The van der Waals surface area contributed by atoms with Gasteiger partial charge in [-0.3, -0.25) is 0 Å². The first-order valence-electron chi connectivity index (χ1n) is 10.9. The maximum absolute atomic E-state index is 6.09. The Bertz CT molecular complexity index is 930. The Morgan fingerprint density at radius 1 is 1.30 bits per heavy atom. The van der Waals surface area contributed by atoms with E-state index in [1.165, 1.54) is 34.8 Å². The number of oxazole rings is 1. The minimum atomic E-state index is 0.177. The number of halogens is 1. The van der Waals surface area contributed by atoms with Crippen molar-refractivity contribution in [2.24, 2.45) is 0 Å². The van der Waals surface area contributed by atoms with Gasteiger partial charge in [0.25, 0.3) is 0 Å². The summed E-state index contributed by atoms with van der Waals surface area (Å²) in [5, 5.41) is 0. The Morgan fingerprint density at radius 3 is 2.93 bits per heavy atom. The Kier molecular flexibility index (Phi) is 7.18. The molecule has 2 aliphatic rings. The van der Waals surface area contributed by atoms with Gasteiger partial charge in [0.05, 0.1) is 25.3 Å². The molecule has 1 unspecified atom stereocenters.